The van der Waals surface area contributed by atoms with E-state index in [4.69, 9.17) is 5.73 Å². The van der Waals surface area contributed by atoms with Crippen LogP contribution in [0.2, 0.25) is 0 Å². The third kappa shape index (κ3) is 1.91. The molecule has 20 heavy (non-hydrogen) atoms. The summed E-state index contributed by atoms with van der Waals surface area (Å²) in [5.74, 6) is 0.330. The first-order valence-corrected chi connectivity index (χ1v) is 6.44. The van der Waals surface area contributed by atoms with Crippen LogP contribution in [0, 0.1) is 0 Å². The van der Waals surface area contributed by atoms with Crippen LogP contribution in [0.25, 0.3) is 0 Å². The minimum Gasteiger partial charge on any atom is -0.465 e. The SMILES string of the molecule is COC(=O)c1cnc(C2(c3ccccc3)CC2)nc1N. The second-order valence-corrected chi connectivity index (χ2v) is 4.93. The molecule has 0 atom stereocenters. The van der Waals surface area contributed by atoms with E-state index in [1.54, 1.807) is 0 Å². The van der Waals surface area contributed by atoms with Crippen molar-refractivity contribution in [2.45, 2.75) is 18.3 Å². The van der Waals surface area contributed by atoms with Gasteiger partial charge in [0.1, 0.15) is 17.2 Å². The van der Waals surface area contributed by atoms with Gasteiger partial charge in [-0.1, -0.05) is 30.3 Å². The molecule has 3 rings (SSSR count). The van der Waals surface area contributed by atoms with Crippen LogP contribution in [0.1, 0.15) is 34.6 Å². The first-order chi connectivity index (χ1) is 9.67. The van der Waals surface area contributed by atoms with Gasteiger partial charge in [0.2, 0.25) is 0 Å². The Morgan fingerprint density at radius 2 is 2.00 bits per heavy atom. The first-order valence-electron chi connectivity index (χ1n) is 6.44. The number of benzene rings is 1. The molecule has 5 nitrogen and oxygen atoms in total. The lowest BCUT2D eigenvalue weighted by Crippen LogP contribution is -2.17. The van der Waals surface area contributed by atoms with Crippen LogP contribution in [0.3, 0.4) is 0 Å². The molecule has 1 aromatic heterocycles. The van der Waals surface area contributed by atoms with E-state index in [1.807, 2.05) is 18.2 Å². The van der Waals surface area contributed by atoms with Crippen molar-refractivity contribution in [3.63, 3.8) is 0 Å². The average Bonchev–Trinajstić information content (AvgIpc) is 3.29. The summed E-state index contributed by atoms with van der Waals surface area (Å²) in [6.07, 6.45) is 3.44. The smallest absolute Gasteiger partial charge is 0.343 e. The predicted octanol–water partition coefficient (Wildman–Crippen LogP) is 1.93. The molecule has 0 amide bonds. The van der Waals surface area contributed by atoms with Gasteiger partial charge < -0.3 is 10.5 Å². The van der Waals surface area contributed by atoms with Crippen LogP contribution in [0.15, 0.2) is 36.5 Å². The van der Waals surface area contributed by atoms with E-state index >= 15 is 0 Å². The number of hydrogen-bond donors (Lipinski definition) is 1. The Balaban J connectivity index is 2.00. The highest BCUT2D eigenvalue weighted by molar-refractivity contribution is 5.93. The summed E-state index contributed by atoms with van der Waals surface area (Å²) in [5.41, 5.74) is 7.09. The lowest BCUT2D eigenvalue weighted by atomic mass is 9.95. The molecule has 5 heteroatoms. The van der Waals surface area contributed by atoms with Crippen molar-refractivity contribution in [2.24, 2.45) is 0 Å². The molecular weight excluding hydrogens is 254 g/mol. The van der Waals surface area contributed by atoms with Gasteiger partial charge in [0, 0.05) is 6.20 Å². The summed E-state index contributed by atoms with van der Waals surface area (Å²) in [6.45, 7) is 0. The Hall–Kier alpha value is -2.43. The fourth-order valence-electron chi connectivity index (χ4n) is 2.42. The molecule has 1 heterocycles. The third-order valence-corrected chi connectivity index (χ3v) is 3.73. The van der Waals surface area contributed by atoms with Gasteiger partial charge in [0.15, 0.2) is 0 Å². The number of carbonyl (C=O) groups excluding carboxylic acids is 1. The van der Waals surface area contributed by atoms with E-state index in [2.05, 4.69) is 26.8 Å². The minimum atomic E-state index is -0.515. The Morgan fingerprint density at radius 3 is 2.55 bits per heavy atom. The molecule has 0 spiro atoms. The van der Waals surface area contributed by atoms with Gasteiger partial charge in [-0.3, -0.25) is 0 Å². The topological polar surface area (TPSA) is 78.1 Å². The van der Waals surface area contributed by atoms with Crippen molar-refractivity contribution in [3.8, 4) is 0 Å². The molecule has 0 bridgehead atoms. The van der Waals surface area contributed by atoms with Gasteiger partial charge in [-0.25, -0.2) is 14.8 Å². The predicted molar refractivity (Wildman–Crippen MR) is 74.2 cm³/mol. The fourth-order valence-corrected chi connectivity index (χ4v) is 2.42. The number of hydrogen-bond acceptors (Lipinski definition) is 5. The Bertz CT molecular complexity index is 651. The van der Waals surface area contributed by atoms with E-state index in [0.29, 0.717) is 5.82 Å². The summed E-state index contributed by atoms with van der Waals surface area (Å²) in [7, 11) is 1.31. The van der Waals surface area contributed by atoms with Crippen molar-refractivity contribution in [1.29, 1.82) is 0 Å². The van der Waals surface area contributed by atoms with Gasteiger partial charge in [-0.15, -0.1) is 0 Å². The molecule has 1 saturated carbocycles. The van der Waals surface area contributed by atoms with Crippen molar-refractivity contribution in [3.05, 3.63) is 53.5 Å². The number of rotatable bonds is 3. The molecule has 1 aromatic carbocycles. The second kappa shape index (κ2) is 4.59. The number of nitrogen functional groups attached to an aromatic ring is 1. The fraction of sp³-hybridized carbons (Fsp3) is 0.267. The van der Waals surface area contributed by atoms with Gasteiger partial charge in [0.25, 0.3) is 0 Å². The van der Waals surface area contributed by atoms with Crippen LogP contribution >= 0.6 is 0 Å². The third-order valence-electron chi connectivity index (χ3n) is 3.73. The number of nitrogens with zero attached hydrogens (tertiary/aromatic N) is 2. The number of esters is 1. The quantitative estimate of drug-likeness (QED) is 0.861. The zero-order valence-electron chi connectivity index (χ0n) is 11.2. The molecule has 0 saturated heterocycles. The number of nitrogens with two attached hydrogens (primary N) is 1. The molecule has 2 N–H and O–H groups in total. The summed E-state index contributed by atoms with van der Waals surface area (Å²) in [6, 6.07) is 10.1. The zero-order valence-corrected chi connectivity index (χ0v) is 11.2. The molecule has 1 fully saturated rings. The van der Waals surface area contributed by atoms with Crippen molar-refractivity contribution in [2.75, 3.05) is 12.8 Å². The number of carbonyl (C=O) groups is 1. The van der Waals surface area contributed by atoms with E-state index in [1.165, 1.54) is 18.9 Å². The minimum absolute atomic E-state index is 0.149. The van der Waals surface area contributed by atoms with Crippen LogP contribution in [-0.4, -0.2) is 23.0 Å². The average molecular weight is 269 g/mol. The summed E-state index contributed by atoms with van der Waals surface area (Å²) >= 11 is 0. The standard InChI is InChI=1S/C15H15N3O2/c1-20-13(19)11-9-17-14(18-12(11)16)15(7-8-15)10-5-3-2-4-6-10/h2-6,9H,7-8H2,1H3,(H2,16,17,18). The molecular formula is C15H15N3O2. The lowest BCUT2D eigenvalue weighted by molar-refractivity contribution is 0.0601. The molecule has 0 aliphatic heterocycles. The van der Waals surface area contributed by atoms with Gasteiger partial charge in [-0.05, 0) is 18.4 Å². The maximum Gasteiger partial charge on any atom is 0.343 e. The summed E-state index contributed by atoms with van der Waals surface area (Å²) in [4.78, 5) is 20.1. The van der Waals surface area contributed by atoms with Gasteiger partial charge in [0.05, 0.1) is 12.5 Å². The highest BCUT2D eigenvalue weighted by atomic mass is 16.5. The molecule has 1 aliphatic rings. The first kappa shape index (κ1) is 12.6. The van der Waals surface area contributed by atoms with E-state index < -0.39 is 5.97 Å². The van der Waals surface area contributed by atoms with Gasteiger partial charge in [-0.2, -0.15) is 0 Å². The number of ether oxygens (including phenoxy) is 1. The Kier molecular flexibility index (Phi) is 2.89. The molecule has 1 aliphatic carbocycles. The van der Waals surface area contributed by atoms with E-state index in [0.717, 1.165) is 12.8 Å². The molecule has 2 aromatic rings. The van der Waals surface area contributed by atoms with E-state index in [-0.39, 0.29) is 16.8 Å². The lowest BCUT2D eigenvalue weighted by Gasteiger charge is -2.15. The number of methoxy groups -OCH3 is 1. The normalized spacial score (nSPS) is 15.7. The summed E-state index contributed by atoms with van der Waals surface area (Å²) in [5, 5.41) is 0. The van der Waals surface area contributed by atoms with Crippen LogP contribution < -0.4 is 5.73 Å². The number of aromatic nitrogens is 2. The highest BCUT2D eigenvalue weighted by Crippen LogP contribution is 2.52. The maximum atomic E-state index is 11.5. The van der Waals surface area contributed by atoms with E-state index in [9.17, 15) is 4.79 Å². The van der Waals surface area contributed by atoms with Crippen molar-refractivity contribution < 1.29 is 9.53 Å². The Labute approximate surface area is 116 Å². The zero-order chi connectivity index (χ0) is 14.2. The Morgan fingerprint density at radius 1 is 1.30 bits per heavy atom. The van der Waals surface area contributed by atoms with Crippen molar-refractivity contribution in [1.82, 2.24) is 9.97 Å². The van der Waals surface area contributed by atoms with Crippen LogP contribution in [-0.2, 0) is 10.2 Å². The molecule has 102 valence electrons. The molecule has 0 unspecified atom stereocenters. The largest absolute Gasteiger partial charge is 0.465 e. The monoisotopic (exact) mass is 269 g/mol. The molecule has 0 radical (unpaired) electrons. The maximum absolute atomic E-state index is 11.5. The second-order valence-electron chi connectivity index (χ2n) is 4.93. The summed E-state index contributed by atoms with van der Waals surface area (Å²) < 4.78 is 4.64. The van der Waals surface area contributed by atoms with Crippen LogP contribution in [0.5, 0.6) is 0 Å². The van der Waals surface area contributed by atoms with Crippen molar-refractivity contribution >= 4 is 11.8 Å². The number of anilines is 1. The van der Waals surface area contributed by atoms with Gasteiger partial charge >= 0.3 is 5.97 Å². The van der Waals surface area contributed by atoms with Crippen LogP contribution in [0.4, 0.5) is 5.82 Å². The highest BCUT2D eigenvalue weighted by Gasteiger charge is 2.48.